The van der Waals surface area contributed by atoms with E-state index in [2.05, 4.69) is 21.2 Å². The maximum absolute atomic E-state index is 12.6. The van der Waals surface area contributed by atoms with Crippen molar-refractivity contribution in [3.63, 3.8) is 0 Å². The minimum atomic E-state index is -0.0773. The third-order valence-corrected chi connectivity index (χ3v) is 5.15. The number of carbonyl (C=O) groups excluding carboxylic acids is 1. The van der Waals surface area contributed by atoms with Gasteiger partial charge in [-0.15, -0.1) is 0 Å². The smallest absolute Gasteiger partial charge is 0.227 e. The first-order chi connectivity index (χ1) is 13.1. The van der Waals surface area contributed by atoms with Crippen LogP contribution >= 0.6 is 15.9 Å². The molecule has 0 bridgehead atoms. The average Bonchev–Trinajstić information content (AvgIpc) is 2.71. The monoisotopic (exact) mass is 434 g/mol. The Labute approximate surface area is 167 Å². The highest BCUT2D eigenvalue weighted by molar-refractivity contribution is 9.10. The summed E-state index contributed by atoms with van der Waals surface area (Å²) in [6.07, 6.45) is 1.42. The molecule has 1 fully saturated rings. The number of methoxy groups -OCH3 is 1. The van der Waals surface area contributed by atoms with Crippen molar-refractivity contribution in [2.75, 3.05) is 31.4 Å². The fraction of sp³-hybridized carbons (Fsp3) is 0.350. The summed E-state index contributed by atoms with van der Waals surface area (Å²) < 4.78 is 17.2. The van der Waals surface area contributed by atoms with E-state index >= 15 is 0 Å². The Morgan fingerprint density at radius 3 is 2.59 bits per heavy atom. The largest absolute Gasteiger partial charge is 0.497 e. The molecule has 144 valence electrons. The molecule has 3 N–H and O–H groups in total. The van der Waals surface area contributed by atoms with E-state index < -0.39 is 0 Å². The normalized spacial score (nSPS) is 14.6. The van der Waals surface area contributed by atoms with Crippen LogP contribution in [0.2, 0.25) is 0 Å². The molecule has 0 radical (unpaired) electrons. The number of hydrogen-bond acceptors (Lipinski definition) is 5. The Morgan fingerprint density at radius 1 is 1.22 bits per heavy atom. The Balaban J connectivity index is 1.75. The van der Waals surface area contributed by atoms with E-state index in [1.165, 1.54) is 0 Å². The average molecular weight is 435 g/mol. The standard InChI is InChI=1S/C20H23BrN2O4/c1-25-15-4-2-13(3-5-15)12-27-19-16(21)6-7-17(22)18(19)23-20(24)14-8-10-26-11-9-14/h2-7,14H,8-12,22H2,1H3,(H,23,24). The zero-order chi connectivity index (χ0) is 19.2. The van der Waals surface area contributed by atoms with Gasteiger partial charge in [-0.05, 0) is 58.6 Å². The van der Waals surface area contributed by atoms with Gasteiger partial charge in [-0.1, -0.05) is 12.1 Å². The second-order valence-electron chi connectivity index (χ2n) is 6.35. The molecule has 0 spiro atoms. The van der Waals surface area contributed by atoms with Crippen molar-refractivity contribution in [2.24, 2.45) is 5.92 Å². The Morgan fingerprint density at radius 2 is 1.93 bits per heavy atom. The van der Waals surface area contributed by atoms with Gasteiger partial charge < -0.3 is 25.3 Å². The van der Waals surface area contributed by atoms with Gasteiger partial charge >= 0.3 is 0 Å². The van der Waals surface area contributed by atoms with Crippen LogP contribution in [0.15, 0.2) is 40.9 Å². The highest BCUT2D eigenvalue weighted by Crippen LogP contribution is 2.39. The molecule has 1 amide bonds. The van der Waals surface area contributed by atoms with Crippen LogP contribution in [-0.2, 0) is 16.1 Å². The molecule has 3 rings (SSSR count). The number of amides is 1. The van der Waals surface area contributed by atoms with Gasteiger partial charge in [0, 0.05) is 19.1 Å². The van der Waals surface area contributed by atoms with Crippen LogP contribution in [-0.4, -0.2) is 26.2 Å². The van der Waals surface area contributed by atoms with Gasteiger partial charge in [0.1, 0.15) is 18.0 Å². The van der Waals surface area contributed by atoms with Crippen molar-refractivity contribution >= 4 is 33.2 Å². The summed E-state index contributed by atoms with van der Waals surface area (Å²) in [5.74, 6) is 1.17. The third-order valence-electron chi connectivity index (χ3n) is 4.52. The molecule has 1 heterocycles. The summed E-state index contributed by atoms with van der Waals surface area (Å²) in [6.45, 7) is 1.55. The van der Waals surface area contributed by atoms with Crippen LogP contribution < -0.4 is 20.5 Å². The fourth-order valence-corrected chi connectivity index (χ4v) is 3.35. The molecular weight excluding hydrogens is 412 g/mol. The summed E-state index contributed by atoms with van der Waals surface area (Å²) >= 11 is 3.49. The number of anilines is 2. The first kappa shape index (κ1) is 19.5. The summed E-state index contributed by atoms with van der Waals surface area (Å²) in [5.41, 5.74) is 8.05. The number of rotatable bonds is 6. The number of benzene rings is 2. The Kier molecular flexibility index (Phi) is 6.58. The molecule has 0 saturated carbocycles. The van der Waals surface area contributed by atoms with Gasteiger partial charge in [-0.2, -0.15) is 0 Å². The molecule has 6 nitrogen and oxygen atoms in total. The predicted octanol–water partition coefficient (Wildman–Crippen LogP) is 3.98. The van der Waals surface area contributed by atoms with E-state index in [4.69, 9.17) is 19.9 Å². The maximum atomic E-state index is 12.6. The lowest BCUT2D eigenvalue weighted by molar-refractivity contribution is -0.122. The van der Waals surface area contributed by atoms with Gasteiger partial charge in [0.2, 0.25) is 5.91 Å². The zero-order valence-electron chi connectivity index (χ0n) is 15.2. The number of nitrogens with two attached hydrogens (primary N) is 1. The lowest BCUT2D eigenvalue weighted by atomic mass is 9.99. The van der Waals surface area contributed by atoms with Gasteiger partial charge in [0.15, 0.2) is 5.75 Å². The topological polar surface area (TPSA) is 82.8 Å². The number of ether oxygens (including phenoxy) is 3. The highest BCUT2D eigenvalue weighted by atomic mass is 79.9. The summed E-state index contributed by atoms with van der Waals surface area (Å²) in [6, 6.07) is 11.2. The van der Waals surface area contributed by atoms with Gasteiger partial charge in [-0.3, -0.25) is 4.79 Å². The van der Waals surface area contributed by atoms with Gasteiger partial charge in [0.05, 0.1) is 17.3 Å². The zero-order valence-corrected chi connectivity index (χ0v) is 16.8. The molecule has 1 aliphatic heterocycles. The summed E-state index contributed by atoms with van der Waals surface area (Å²) in [7, 11) is 1.63. The quantitative estimate of drug-likeness (QED) is 0.671. The van der Waals surface area contributed by atoms with Crippen molar-refractivity contribution in [1.82, 2.24) is 0 Å². The molecule has 2 aromatic rings. The van der Waals surface area contributed by atoms with E-state index in [0.717, 1.165) is 15.8 Å². The summed E-state index contributed by atoms with van der Waals surface area (Å²) in [5, 5.41) is 2.95. The van der Waals surface area contributed by atoms with Crippen molar-refractivity contribution in [2.45, 2.75) is 19.4 Å². The number of carbonyl (C=O) groups is 1. The fourth-order valence-electron chi connectivity index (χ4n) is 2.90. The predicted molar refractivity (Wildman–Crippen MR) is 108 cm³/mol. The molecule has 1 saturated heterocycles. The molecule has 2 aromatic carbocycles. The number of hydrogen-bond donors (Lipinski definition) is 2. The highest BCUT2D eigenvalue weighted by Gasteiger charge is 2.24. The first-order valence-corrected chi connectivity index (χ1v) is 9.60. The van der Waals surface area contributed by atoms with Crippen LogP contribution in [0, 0.1) is 5.92 Å². The third kappa shape index (κ3) is 4.93. The van der Waals surface area contributed by atoms with E-state index in [1.807, 2.05) is 30.3 Å². The second kappa shape index (κ2) is 9.10. The van der Waals surface area contributed by atoms with Crippen LogP contribution in [0.3, 0.4) is 0 Å². The number of nitrogens with one attached hydrogen (secondary N) is 1. The van der Waals surface area contributed by atoms with Crippen molar-refractivity contribution in [3.8, 4) is 11.5 Å². The lowest BCUT2D eigenvalue weighted by Crippen LogP contribution is -2.29. The minimum absolute atomic E-state index is 0.0580. The van der Waals surface area contributed by atoms with Gasteiger partial charge in [0.25, 0.3) is 0 Å². The van der Waals surface area contributed by atoms with Gasteiger partial charge in [-0.25, -0.2) is 0 Å². The minimum Gasteiger partial charge on any atom is -0.497 e. The van der Waals surface area contributed by atoms with Crippen LogP contribution in [0.1, 0.15) is 18.4 Å². The first-order valence-electron chi connectivity index (χ1n) is 8.81. The molecule has 0 aromatic heterocycles. The van der Waals surface area contributed by atoms with Crippen molar-refractivity contribution < 1.29 is 19.0 Å². The van der Waals surface area contributed by atoms with E-state index in [9.17, 15) is 4.79 Å². The SMILES string of the molecule is COc1ccc(COc2c(Br)ccc(N)c2NC(=O)C2CCOCC2)cc1. The number of nitrogen functional groups attached to an aromatic ring is 1. The van der Waals surface area contributed by atoms with Crippen molar-refractivity contribution in [3.05, 3.63) is 46.4 Å². The van der Waals surface area contributed by atoms with E-state index in [-0.39, 0.29) is 11.8 Å². The number of halogens is 1. The maximum Gasteiger partial charge on any atom is 0.227 e. The van der Waals surface area contributed by atoms with Crippen molar-refractivity contribution in [1.29, 1.82) is 0 Å². The second-order valence-corrected chi connectivity index (χ2v) is 7.21. The molecule has 0 atom stereocenters. The Hall–Kier alpha value is -2.25. The molecular formula is C20H23BrN2O4. The molecule has 0 unspecified atom stereocenters. The van der Waals surface area contributed by atoms with Crippen LogP contribution in [0.25, 0.3) is 0 Å². The van der Waals surface area contributed by atoms with Crippen LogP contribution in [0.5, 0.6) is 11.5 Å². The molecule has 1 aliphatic rings. The molecule has 27 heavy (non-hydrogen) atoms. The Bertz CT molecular complexity index is 789. The lowest BCUT2D eigenvalue weighted by Gasteiger charge is -2.23. The molecule has 0 aliphatic carbocycles. The van der Waals surface area contributed by atoms with Crippen LogP contribution in [0.4, 0.5) is 11.4 Å². The molecule has 7 heteroatoms. The van der Waals surface area contributed by atoms with E-state index in [0.29, 0.717) is 49.8 Å². The summed E-state index contributed by atoms with van der Waals surface area (Å²) in [4.78, 5) is 12.6. The van der Waals surface area contributed by atoms with E-state index in [1.54, 1.807) is 13.2 Å².